The van der Waals surface area contributed by atoms with E-state index in [9.17, 15) is 5.11 Å². The van der Waals surface area contributed by atoms with Crippen LogP contribution in [0.4, 0.5) is 0 Å². The summed E-state index contributed by atoms with van der Waals surface area (Å²) in [5.74, 6) is 0. The maximum Gasteiger partial charge on any atom is 0.101 e. The van der Waals surface area contributed by atoms with Gasteiger partial charge in [0.25, 0.3) is 0 Å². The SMILES string of the molecule is COC(C)C(O)C1=CCCCC1. The Balaban J connectivity index is 2.49. The van der Waals surface area contributed by atoms with E-state index in [1.807, 2.05) is 6.92 Å². The second-order valence-electron chi connectivity index (χ2n) is 3.41. The van der Waals surface area contributed by atoms with Gasteiger partial charge in [0.15, 0.2) is 0 Å². The van der Waals surface area contributed by atoms with E-state index in [2.05, 4.69) is 6.08 Å². The van der Waals surface area contributed by atoms with Gasteiger partial charge in [0.2, 0.25) is 0 Å². The van der Waals surface area contributed by atoms with Crippen molar-refractivity contribution < 1.29 is 9.84 Å². The predicted molar refractivity (Wildman–Crippen MR) is 49.0 cm³/mol. The standard InChI is InChI=1S/C10H18O2/c1-8(12-2)10(11)9-6-4-3-5-7-9/h6,8,10-11H,3-5,7H2,1-2H3. The van der Waals surface area contributed by atoms with Crippen molar-refractivity contribution in [2.24, 2.45) is 0 Å². The maximum absolute atomic E-state index is 9.75. The van der Waals surface area contributed by atoms with Crippen LogP contribution < -0.4 is 0 Å². The molecule has 0 spiro atoms. The minimum atomic E-state index is -0.393. The molecule has 70 valence electrons. The van der Waals surface area contributed by atoms with Crippen molar-refractivity contribution in [3.8, 4) is 0 Å². The maximum atomic E-state index is 9.75. The monoisotopic (exact) mass is 170 g/mol. The third-order valence-electron chi connectivity index (χ3n) is 2.52. The zero-order valence-electron chi connectivity index (χ0n) is 7.92. The summed E-state index contributed by atoms with van der Waals surface area (Å²) >= 11 is 0. The Kier molecular flexibility index (Phi) is 3.76. The Hall–Kier alpha value is -0.340. The lowest BCUT2D eigenvalue weighted by molar-refractivity contribution is 0.0166. The zero-order valence-corrected chi connectivity index (χ0v) is 7.92. The van der Waals surface area contributed by atoms with Crippen molar-refractivity contribution >= 4 is 0 Å². The lowest BCUT2D eigenvalue weighted by Gasteiger charge is -2.22. The van der Waals surface area contributed by atoms with Gasteiger partial charge in [-0.25, -0.2) is 0 Å². The van der Waals surface area contributed by atoms with Crippen LogP contribution in [0.1, 0.15) is 32.6 Å². The highest BCUT2D eigenvalue weighted by molar-refractivity contribution is 5.11. The highest BCUT2D eigenvalue weighted by atomic mass is 16.5. The topological polar surface area (TPSA) is 29.5 Å². The lowest BCUT2D eigenvalue weighted by atomic mass is 9.93. The summed E-state index contributed by atoms with van der Waals surface area (Å²) in [6.07, 6.45) is 6.31. The molecule has 0 saturated carbocycles. The van der Waals surface area contributed by atoms with E-state index in [1.165, 1.54) is 12.8 Å². The van der Waals surface area contributed by atoms with E-state index in [0.717, 1.165) is 18.4 Å². The van der Waals surface area contributed by atoms with Crippen LogP contribution in [-0.2, 0) is 4.74 Å². The number of aliphatic hydroxyl groups excluding tert-OH is 1. The molecule has 0 aromatic carbocycles. The Labute approximate surface area is 74.2 Å². The first-order chi connectivity index (χ1) is 5.75. The summed E-state index contributed by atoms with van der Waals surface area (Å²) in [6.45, 7) is 1.90. The van der Waals surface area contributed by atoms with E-state index < -0.39 is 6.10 Å². The van der Waals surface area contributed by atoms with Gasteiger partial charge in [-0.2, -0.15) is 0 Å². The third kappa shape index (κ3) is 2.32. The van der Waals surface area contributed by atoms with Gasteiger partial charge in [0, 0.05) is 7.11 Å². The van der Waals surface area contributed by atoms with Gasteiger partial charge in [-0.05, 0) is 38.2 Å². The average molecular weight is 170 g/mol. The number of hydrogen-bond acceptors (Lipinski definition) is 2. The Morgan fingerprint density at radius 1 is 1.50 bits per heavy atom. The minimum Gasteiger partial charge on any atom is -0.386 e. The molecule has 0 bridgehead atoms. The van der Waals surface area contributed by atoms with E-state index >= 15 is 0 Å². The van der Waals surface area contributed by atoms with Gasteiger partial charge in [0.05, 0.1) is 6.10 Å². The average Bonchev–Trinajstić information content (AvgIpc) is 2.17. The molecule has 1 N–H and O–H groups in total. The van der Waals surface area contributed by atoms with Gasteiger partial charge in [-0.3, -0.25) is 0 Å². The number of ether oxygens (including phenoxy) is 1. The summed E-state index contributed by atoms with van der Waals surface area (Å²) in [6, 6.07) is 0. The second-order valence-corrected chi connectivity index (χ2v) is 3.41. The molecule has 0 fully saturated rings. The fourth-order valence-corrected chi connectivity index (χ4v) is 1.56. The summed E-state index contributed by atoms with van der Waals surface area (Å²) in [5.41, 5.74) is 1.16. The van der Waals surface area contributed by atoms with Crippen LogP contribution in [0, 0.1) is 0 Å². The molecule has 0 heterocycles. The van der Waals surface area contributed by atoms with Crippen LogP contribution in [0.3, 0.4) is 0 Å². The van der Waals surface area contributed by atoms with Crippen LogP contribution >= 0.6 is 0 Å². The molecule has 0 saturated heterocycles. The van der Waals surface area contributed by atoms with Gasteiger partial charge >= 0.3 is 0 Å². The Morgan fingerprint density at radius 3 is 2.75 bits per heavy atom. The van der Waals surface area contributed by atoms with Crippen molar-refractivity contribution in [3.05, 3.63) is 11.6 Å². The molecule has 2 heteroatoms. The molecule has 2 unspecified atom stereocenters. The molecule has 12 heavy (non-hydrogen) atoms. The molecule has 0 aliphatic heterocycles. The van der Waals surface area contributed by atoms with Crippen LogP contribution in [0.2, 0.25) is 0 Å². The Bertz CT molecular complexity index is 163. The smallest absolute Gasteiger partial charge is 0.101 e. The molecular formula is C10H18O2. The van der Waals surface area contributed by atoms with Crippen LogP contribution in [0.5, 0.6) is 0 Å². The minimum absolute atomic E-state index is 0.0747. The van der Waals surface area contributed by atoms with E-state index in [-0.39, 0.29) is 6.10 Å². The molecule has 0 aromatic rings. The second kappa shape index (κ2) is 4.63. The van der Waals surface area contributed by atoms with Crippen LogP contribution in [0.25, 0.3) is 0 Å². The molecule has 0 radical (unpaired) electrons. The predicted octanol–water partition coefficient (Wildman–Crippen LogP) is 1.88. The molecule has 1 aliphatic rings. The molecule has 0 aromatic heterocycles. The molecule has 2 atom stereocenters. The lowest BCUT2D eigenvalue weighted by Crippen LogP contribution is -2.27. The first-order valence-electron chi connectivity index (χ1n) is 4.65. The van der Waals surface area contributed by atoms with Crippen molar-refractivity contribution in [3.63, 3.8) is 0 Å². The fourth-order valence-electron chi connectivity index (χ4n) is 1.56. The van der Waals surface area contributed by atoms with Crippen molar-refractivity contribution in [1.82, 2.24) is 0 Å². The van der Waals surface area contributed by atoms with E-state index in [4.69, 9.17) is 4.74 Å². The molecular weight excluding hydrogens is 152 g/mol. The largest absolute Gasteiger partial charge is 0.386 e. The number of allylic oxidation sites excluding steroid dienone is 1. The molecule has 2 nitrogen and oxygen atoms in total. The first-order valence-corrected chi connectivity index (χ1v) is 4.65. The van der Waals surface area contributed by atoms with Gasteiger partial charge in [-0.15, -0.1) is 0 Å². The summed E-state index contributed by atoms with van der Waals surface area (Å²) in [5, 5.41) is 9.75. The number of hydrogen-bond donors (Lipinski definition) is 1. The summed E-state index contributed by atoms with van der Waals surface area (Å²) in [4.78, 5) is 0. The zero-order chi connectivity index (χ0) is 8.97. The number of rotatable bonds is 3. The first kappa shape index (κ1) is 9.75. The van der Waals surface area contributed by atoms with Crippen molar-refractivity contribution in [2.75, 3.05) is 7.11 Å². The highest BCUT2D eigenvalue weighted by Gasteiger charge is 2.18. The highest BCUT2D eigenvalue weighted by Crippen LogP contribution is 2.22. The van der Waals surface area contributed by atoms with Crippen LogP contribution in [-0.4, -0.2) is 24.4 Å². The Morgan fingerprint density at radius 2 is 2.25 bits per heavy atom. The normalized spacial score (nSPS) is 23.1. The van der Waals surface area contributed by atoms with Crippen molar-refractivity contribution in [2.45, 2.75) is 44.8 Å². The molecule has 1 aliphatic carbocycles. The van der Waals surface area contributed by atoms with Gasteiger partial charge in [0.1, 0.15) is 6.10 Å². The quantitative estimate of drug-likeness (QED) is 0.655. The van der Waals surface area contributed by atoms with Crippen molar-refractivity contribution in [1.29, 1.82) is 0 Å². The fraction of sp³-hybridized carbons (Fsp3) is 0.800. The summed E-state index contributed by atoms with van der Waals surface area (Å²) in [7, 11) is 1.64. The number of methoxy groups -OCH3 is 1. The number of aliphatic hydroxyl groups is 1. The summed E-state index contributed by atoms with van der Waals surface area (Å²) < 4.78 is 5.07. The molecule has 1 rings (SSSR count). The van der Waals surface area contributed by atoms with Gasteiger partial charge in [-0.1, -0.05) is 6.08 Å². The van der Waals surface area contributed by atoms with Crippen LogP contribution in [0.15, 0.2) is 11.6 Å². The molecule has 0 amide bonds. The van der Waals surface area contributed by atoms with E-state index in [1.54, 1.807) is 7.11 Å². The third-order valence-corrected chi connectivity index (χ3v) is 2.52. The van der Waals surface area contributed by atoms with Gasteiger partial charge < -0.3 is 9.84 Å². The van der Waals surface area contributed by atoms with E-state index in [0.29, 0.717) is 0 Å².